The summed E-state index contributed by atoms with van der Waals surface area (Å²) in [6.45, 7) is 1.65. The topological polar surface area (TPSA) is 80.1 Å². The molecule has 2 heterocycles. The van der Waals surface area contributed by atoms with Crippen LogP contribution < -0.4 is 5.32 Å². The van der Waals surface area contributed by atoms with Crippen LogP contribution in [0.25, 0.3) is 10.8 Å². The fourth-order valence-electron chi connectivity index (χ4n) is 3.61. The van der Waals surface area contributed by atoms with E-state index >= 15 is 0 Å². The minimum absolute atomic E-state index is 0.00533. The molecule has 0 aliphatic carbocycles. The van der Waals surface area contributed by atoms with Gasteiger partial charge in [-0.05, 0) is 41.8 Å². The van der Waals surface area contributed by atoms with E-state index in [1.54, 1.807) is 24.3 Å². The highest BCUT2D eigenvalue weighted by Gasteiger charge is 2.17. The molecule has 1 aliphatic heterocycles. The number of likely N-dealkylation sites (tertiary alicyclic amines) is 1. The smallest absolute Gasteiger partial charge is 0.258 e. The molecule has 150 valence electrons. The molecule has 0 unspecified atom stereocenters. The molecule has 0 radical (unpaired) electrons. The molecule has 8 heteroatoms. The van der Waals surface area contributed by atoms with E-state index in [0.717, 1.165) is 38.8 Å². The number of benzene rings is 2. The Bertz CT molecular complexity index is 1040. The molecule has 1 N–H and O–H groups in total. The van der Waals surface area contributed by atoms with Gasteiger partial charge < -0.3 is 4.90 Å². The normalized spacial score (nSPS) is 14.6. The summed E-state index contributed by atoms with van der Waals surface area (Å²) in [6.07, 6.45) is 5.80. The van der Waals surface area contributed by atoms with Crippen LogP contribution in [-0.4, -0.2) is 44.6 Å². The van der Waals surface area contributed by atoms with E-state index in [0.29, 0.717) is 16.3 Å². The molecule has 2 amide bonds. The minimum atomic E-state index is -0.390. The largest absolute Gasteiger partial charge is 0.341 e. The summed E-state index contributed by atoms with van der Waals surface area (Å²) < 4.78 is 14.9. The molecule has 0 saturated carbocycles. The molecule has 1 fully saturated rings. The van der Waals surface area contributed by atoms with Crippen molar-refractivity contribution in [2.45, 2.75) is 32.2 Å². The van der Waals surface area contributed by atoms with Gasteiger partial charge in [-0.3, -0.25) is 14.9 Å². The first kappa shape index (κ1) is 19.0. The molecular formula is C21H22FN5O2. The van der Waals surface area contributed by atoms with Gasteiger partial charge in [0.2, 0.25) is 11.9 Å². The maximum atomic E-state index is 13.4. The van der Waals surface area contributed by atoms with Gasteiger partial charge in [0.05, 0.1) is 0 Å². The Morgan fingerprint density at radius 2 is 1.86 bits per heavy atom. The van der Waals surface area contributed by atoms with E-state index in [9.17, 15) is 14.0 Å². The molecule has 0 atom stereocenters. The van der Waals surface area contributed by atoms with Crippen molar-refractivity contribution in [2.75, 3.05) is 18.4 Å². The first-order valence-corrected chi connectivity index (χ1v) is 9.77. The van der Waals surface area contributed by atoms with E-state index in [-0.39, 0.29) is 30.1 Å². The van der Waals surface area contributed by atoms with Gasteiger partial charge in [-0.25, -0.2) is 14.1 Å². The third kappa shape index (κ3) is 4.42. The van der Waals surface area contributed by atoms with Gasteiger partial charge in [0.1, 0.15) is 18.7 Å². The van der Waals surface area contributed by atoms with E-state index in [1.165, 1.54) is 23.1 Å². The minimum Gasteiger partial charge on any atom is -0.341 e. The molecule has 7 nitrogen and oxygen atoms in total. The van der Waals surface area contributed by atoms with E-state index in [4.69, 9.17) is 0 Å². The number of amides is 2. The van der Waals surface area contributed by atoms with Crippen molar-refractivity contribution in [3.63, 3.8) is 0 Å². The van der Waals surface area contributed by atoms with Crippen molar-refractivity contribution in [1.82, 2.24) is 19.7 Å². The van der Waals surface area contributed by atoms with Gasteiger partial charge in [-0.1, -0.05) is 31.0 Å². The number of nitrogens with one attached hydrogen (secondary N) is 1. The van der Waals surface area contributed by atoms with Gasteiger partial charge in [-0.15, -0.1) is 5.10 Å². The lowest BCUT2D eigenvalue weighted by atomic mass is 10.0. The highest BCUT2D eigenvalue weighted by atomic mass is 19.1. The Labute approximate surface area is 167 Å². The quantitative estimate of drug-likeness (QED) is 0.736. The molecule has 3 aromatic rings. The van der Waals surface area contributed by atoms with Gasteiger partial charge in [-0.2, -0.15) is 0 Å². The third-order valence-corrected chi connectivity index (χ3v) is 5.10. The second-order valence-electron chi connectivity index (χ2n) is 7.19. The fraction of sp³-hybridized carbons (Fsp3) is 0.333. The van der Waals surface area contributed by atoms with Gasteiger partial charge in [0.15, 0.2) is 0 Å². The zero-order chi connectivity index (χ0) is 20.2. The zero-order valence-electron chi connectivity index (χ0n) is 16.0. The van der Waals surface area contributed by atoms with E-state index in [2.05, 4.69) is 15.4 Å². The number of carbonyl (C=O) groups is 2. The molecule has 1 aliphatic rings. The summed E-state index contributed by atoms with van der Waals surface area (Å²) >= 11 is 0. The second kappa shape index (κ2) is 8.38. The van der Waals surface area contributed by atoms with Crippen LogP contribution in [0.3, 0.4) is 0 Å². The number of fused-ring (bicyclic) bond motifs is 1. The predicted molar refractivity (Wildman–Crippen MR) is 107 cm³/mol. The fourth-order valence-corrected chi connectivity index (χ4v) is 3.61. The van der Waals surface area contributed by atoms with E-state index in [1.807, 2.05) is 4.90 Å². The Morgan fingerprint density at radius 1 is 1.07 bits per heavy atom. The summed E-state index contributed by atoms with van der Waals surface area (Å²) in [5, 5.41) is 8.12. The lowest BCUT2D eigenvalue weighted by Crippen LogP contribution is -2.34. The van der Waals surface area contributed by atoms with Crippen LogP contribution in [0.15, 0.2) is 42.7 Å². The monoisotopic (exact) mass is 395 g/mol. The van der Waals surface area contributed by atoms with Crippen molar-refractivity contribution < 1.29 is 14.0 Å². The standard InChI is InChI=1S/C21H22FN5O2/c22-16-8-9-17-15(12-16)6-5-7-18(17)20(29)24-21-23-14-27(25-21)13-19(28)26-10-3-1-2-4-11-26/h5-9,12,14H,1-4,10-11,13H2,(H,24,25,29). The maximum Gasteiger partial charge on any atom is 0.258 e. The number of anilines is 1. The first-order chi connectivity index (χ1) is 14.1. The Kier molecular flexibility index (Phi) is 5.50. The summed E-state index contributed by atoms with van der Waals surface area (Å²) in [7, 11) is 0. The van der Waals surface area contributed by atoms with Crippen LogP contribution >= 0.6 is 0 Å². The van der Waals surface area contributed by atoms with Crippen molar-refractivity contribution >= 4 is 28.5 Å². The van der Waals surface area contributed by atoms with Crippen molar-refractivity contribution in [3.8, 4) is 0 Å². The molecule has 2 aromatic carbocycles. The van der Waals surface area contributed by atoms with E-state index < -0.39 is 0 Å². The van der Waals surface area contributed by atoms with Crippen molar-refractivity contribution in [3.05, 3.63) is 54.1 Å². The summed E-state index contributed by atoms with van der Waals surface area (Å²) in [4.78, 5) is 31.1. The molecule has 29 heavy (non-hydrogen) atoms. The number of hydrogen-bond acceptors (Lipinski definition) is 4. The summed E-state index contributed by atoms with van der Waals surface area (Å²) in [5.74, 6) is -0.619. The second-order valence-corrected chi connectivity index (χ2v) is 7.19. The lowest BCUT2D eigenvalue weighted by Gasteiger charge is -2.19. The molecule has 1 aromatic heterocycles. The molecular weight excluding hydrogens is 373 g/mol. The number of carbonyl (C=O) groups excluding carboxylic acids is 2. The van der Waals surface area contributed by atoms with Crippen molar-refractivity contribution in [1.29, 1.82) is 0 Å². The third-order valence-electron chi connectivity index (χ3n) is 5.10. The van der Waals surface area contributed by atoms with Gasteiger partial charge in [0.25, 0.3) is 5.91 Å². The van der Waals surface area contributed by atoms with Crippen LogP contribution in [0, 0.1) is 5.82 Å². The first-order valence-electron chi connectivity index (χ1n) is 9.77. The Morgan fingerprint density at radius 3 is 2.66 bits per heavy atom. The SMILES string of the molecule is O=C(Nc1ncn(CC(=O)N2CCCCCC2)n1)c1cccc2cc(F)ccc12. The van der Waals surface area contributed by atoms with Crippen LogP contribution in [0.4, 0.5) is 10.3 Å². The highest BCUT2D eigenvalue weighted by Crippen LogP contribution is 2.20. The molecule has 1 saturated heterocycles. The number of nitrogens with zero attached hydrogens (tertiary/aromatic N) is 4. The van der Waals surface area contributed by atoms with Gasteiger partial charge in [0, 0.05) is 18.7 Å². The molecule has 0 bridgehead atoms. The Hall–Kier alpha value is -3.29. The summed E-state index contributed by atoms with van der Waals surface area (Å²) in [5.41, 5.74) is 0.402. The average molecular weight is 395 g/mol. The van der Waals surface area contributed by atoms with Crippen molar-refractivity contribution in [2.24, 2.45) is 0 Å². The summed E-state index contributed by atoms with van der Waals surface area (Å²) in [6, 6.07) is 9.38. The number of halogens is 1. The van der Waals surface area contributed by atoms with Gasteiger partial charge >= 0.3 is 0 Å². The van der Waals surface area contributed by atoms with Crippen LogP contribution in [-0.2, 0) is 11.3 Å². The number of aromatic nitrogens is 3. The van der Waals surface area contributed by atoms with Crippen LogP contribution in [0.1, 0.15) is 36.0 Å². The molecule has 4 rings (SSSR count). The number of rotatable bonds is 4. The Balaban J connectivity index is 1.44. The predicted octanol–water partition coefficient (Wildman–Crippen LogP) is 3.23. The zero-order valence-corrected chi connectivity index (χ0v) is 16.0. The van der Waals surface area contributed by atoms with Crippen LogP contribution in [0.2, 0.25) is 0 Å². The average Bonchev–Trinajstić information content (AvgIpc) is 2.97. The molecule has 0 spiro atoms. The lowest BCUT2D eigenvalue weighted by molar-refractivity contribution is -0.132. The van der Waals surface area contributed by atoms with Crippen LogP contribution in [0.5, 0.6) is 0 Å². The number of hydrogen-bond donors (Lipinski definition) is 1. The highest BCUT2D eigenvalue weighted by molar-refractivity contribution is 6.12. The maximum absolute atomic E-state index is 13.4.